The molecule has 1 aliphatic rings. The summed E-state index contributed by atoms with van der Waals surface area (Å²) in [4.78, 5) is 2.18. The van der Waals surface area contributed by atoms with Crippen LogP contribution in [0.5, 0.6) is 0 Å². The van der Waals surface area contributed by atoms with Crippen LogP contribution < -0.4 is 0 Å². The maximum atomic E-state index is 9.92. The fourth-order valence-corrected chi connectivity index (χ4v) is 2.34. The van der Waals surface area contributed by atoms with Crippen LogP contribution in [-0.2, 0) is 11.3 Å². The Morgan fingerprint density at radius 1 is 1.21 bits per heavy atom. The van der Waals surface area contributed by atoms with Gasteiger partial charge in [-0.2, -0.15) is 0 Å². The summed E-state index contributed by atoms with van der Waals surface area (Å²) in [7, 11) is 0. The highest BCUT2D eigenvalue weighted by Gasteiger charge is 2.19. The smallest absolute Gasteiger partial charge is 0.0900 e. The first-order valence-corrected chi connectivity index (χ1v) is 6.94. The van der Waals surface area contributed by atoms with Crippen LogP contribution in [-0.4, -0.2) is 53.6 Å². The minimum Gasteiger partial charge on any atom is -0.393 e. The summed E-state index contributed by atoms with van der Waals surface area (Å²) in [5.74, 6) is 0. The Labute approximate surface area is 114 Å². The lowest BCUT2D eigenvalue weighted by molar-refractivity contribution is -0.00243. The van der Waals surface area contributed by atoms with Crippen molar-refractivity contribution in [3.05, 3.63) is 35.9 Å². The highest BCUT2D eigenvalue weighted by molar-refractivity contribution is 5.13. The number of ether oxygens (including phenoxy) is 1. The van der Waals surface area contributed by atoms with E-state index in [1.54, 1.807) is 0 Å². The third kappa shape index (κ3) is 5.28. The number of nitrogens with zero attached hydrogens (tertiary/aromatic N) is 1. The lowest BCUT2D eigenvalue weighted by Crippen LogP contribution is -2.41. The highest BCUT2D eigenvalue weighted by Crippen LogP contribution is 2.10. The van der Waals surface area contributed by atoms with E-state index in [4.69, 9.17) is 4.74 Å². The largest absolute Gasteiger partial charge is 0.393 e. The average molecular weight is 265 g/mol. The normalized spacial score (nSPS) is 19.5. The van der Waals surface area contributed by atoms with Crippen LogP contribution in [0.4, 0.5) is 0 Å². The second-order valence-electron chi connectivity index (χ2n) is 5.19. The molecule has 1 aromatic rings. The van der Waals surface area contributed by atoms with Crippen molar-refractivity contribution >= 4 is 0 Å². The van der Waals surface area contributed by atoms with Gasteiger partial charge in [0.2, 0.25) is 0 Å². The lowest BCUT2D eigenvalue weighted by Gasteiger charge is -2.30. The summed E-state index contributed by atoms with van der Waals surface area (Å²) in [6, 6.07) is 9.96. The van der Waals surface area contributed by atoms with Gasteiger partial charge in [-0.25, -0.2) is 0 Å². The van der Waals surface area contributed by atoms with Crippen molar-refractivity contribution in [2.24, 2.45) is 0 Å². The highest BCUT2D eigenvalue weighted by atomic mass is 16.5. The zero-order valence-corrected chi connectivity index (χ0v) is 11.2. The number of β-amino-alcohol motifs (C(OH)–C–C–N with tert-alkyl or cyclic N) is 1. The molecular weight excluding hydrogens is 242 g/mol. The van der Waals surface area contributed by atoms with Gasteiger partial charge in [0, 0.05) is 19.6 Å². The predicted molar refractivity (Wildman–Crippen MR) is 73.8 cm³/mol. The third-order valence-electron chi connectivity index (χ3n) is 3.45. The molecule has 0 aromatic heterocycles. The fourth-order valence-electron chi connectivity index (χ4n) is 2.34. The number of hydrogen-bond donors (Lipinski definition) is 2. The third-order valence-corrected chi connectivity index (χ3v) is 3.45. The fraction of sp³-hybridized carbons (Fsp3) is 0.600. The molecule has 106 valence electrons. The van der Waals surface area contributed by atoms with Crippen molar-refractivity contribution < 1.29 is 14.9 Å². The maximum Gasteiger partial charge on any atom is 0.0900 e. The van der Waals surface area contributed by atoms with Crippen molar-refractivity contribution in [2.45, 2.75) is 31.7 Å². The Hall–Kier alpha value is -0.940. The molecule has 0 saturated carbocycles. The molecule has 2 rings (SSSR count). The van der Waals surface area contributed by atoms with Crippen LogP contribution >= 0.6 is 0 Å². The van der Waals surface area contributed by atoms with E-state index in [1.165, 1.54) is 0 Å². The molecule has 0 spiro atoms. The van der Waals surface area contributed by atoms with Crippen molar-refractivity contribution in [3.63, 3.8) is 0 Å². The molecule has 1 fully saturated rings. The molecule has 0 bridgehead atoms. The number of hydrogen-bond acceptors (Lipinski definition) is 4. The molecule has 0 radical (unpaired) electrons. The van der Waals surface area contributed by atoms with Crippen molar-refractivity contribution in [2.75, 3.05) is 26.2 Å². The van der Waals surface area contributed by atoms with Gasteiger partial charge in [0.25, 0.3) is 0 Å². The SMILES string of the molecule is OC1CCN(C[C@@H](O)COCc2ccccc2)CC1. The molecule has 1 heterocycles. The molecule has 1 saturated heterocycles. The second-order valence-corrected chi connectivity index (χ2v) is 5.19. The zero-order chi connectivity index (χ0) is 13.5. The maximum absolute atomic E-state index is 9.92. The predicted octanol–water partition coefficient (Wildman–Crippen LogP) is 1.02. The van der Waals surface area contributed by atoms with Gasteiger partial charge in [0.1, 0.15) is 0 Å². The molecule has 4 nitrogen and oxygen atoms in total. The number of piperidine rings is 1. The molecule has 2 N–H and O–H groups in total. The summed E-state index contributed by atoms with van der Waals surface area (Å²) in [5.41, 5.74) is 1.12. The van der Waals surface area contributed by atoms with Crippen LogP contribution in [0.25, 0.3) is 0 Å². The molecule has 0 aliphatic carbocycles. The van der Waals surface area contributed by atoms with Crippen molar-refractivity contribution in [1.82, 2.24) is 4.90 Å². The topological polar surface area (TPSA) is 52.9 Å². The standard InChI is InChI=1S/C15H23NO3/c17-14-6-8-16(9-7-14)10-15(18)12-19-11-13-4-2-1-3-5-13/h1-5,14-15,17-18H,6-12H2/t15-/m1/s1. The molecule has 4 heteroatoms. The van der Waals surface area contributed by atoms with Gasteiger partial charge in [-0.15, -0.1) is 0 Å². The van der Waals surface area contributed by atoms with Gasteiger partial charge in [-0.1, -0.05) is 30.3 Å². The van der Waals surface area contributed by atoms with Gasteiger partial charge >= 0.3 is 0 Å². The quantitative estimate of drug-likeness (QED) is 0.806. The Morgan fingerprint density at radius 2 is 1.89 bits per heavy atom. The Kier molecular flexibility index (Phi) is 5.79. The minimum absolute atomic E-state index is 0.164. The molecule has 1 aliphatic heterocycles. The van der Waals surface area contributed by atoms with Crippen LogP contribution in [0.3, 0.4) is 0 Å². The zero-order valence-electron chi connectivity index (χ0n) is 11.2. The first kappa shape index (κ1) is 14.5. The lowest BCUT2D eigenvalue weighted by atomic mass is 10.1. The number of aliphatic hydroxyl groups excluding tert-OH is 2. The van der Waals surface area contributed by atoms with Gasteiger partial charge in [-0.3, -0.25) is 0 Å². The molecular formula is C15H23NO3. The monoisotopic (exact) mass is 265 g/mol. The van der Waals surface area contributed by atoms with E-state index in [0.29, 0.717) is 19.8 Å². The van der Waals surface area contributed by atoms with Crippen LogP contribution in [0.2, 0.25) is 0 Å². The number of rotatable bonds is 6. The number of likely N-dealkylation sites (tertiary alicyclic amines) is 1. The molecule has 19 heavy (non-hydrogen) atoms. The van der Waals surface area contributed by atoms with E-state index in [-0.39, 0.29) is 6.10 Å². The molecule has 1 atom stereocenters. The van der Waals surface area contributed by atoms with E-state index in [9.17, 15) is 10.2 Å². The first-order valence-electron chi connectivity index (χ1n) is 6.94. The second kappa shape index (κ2) is 7.60. The van der Waals surface area contributed by atoms with E-state index >= 15 is 0 Å². The van der Waals surface area contributed by atoms with E-state index < -0.39 is 6.10 Å². The Balaban J connectivity index is 1.61. The minimum atomic E-state index is -0.459. The molecule has 1 aromatic carbocycles. The summed E-state index contributed by atoms with van der Waals surface area (Å²) < 4.78 is 5.52. The number of aliphatic hydroxyl groups is 2. The van der Waals surface area contributed by atoms with Gasteiger partial charge in [0.05, 0.1) is 25.4 Å². The Bertz CT molecular complexity index is 350. The molecule has 0 amide bonds. The molecule has 0 unspecified atom stereocenters. The number of benzene rings is 1. The van der Waals surface area contributed by atoms with Gasteiger partial charge in [0.15, 0.2) is 0 Å². The van der Waals surface area contributed by atoms with Crippen LogP contribution in [0, 0.1) is 0 Å². The van der Waals surface area contributed by atoms with Crippen LogP contribution in [0.1, 0.15) is 18.4 Å². The average Bonchev–Trinajstić information content (AvgIpc) is 2.43. The summed E-state index contributed by atoms with van der Waals surface area (Å²) >= 11 is 0. The van der Waals surface area contributed by atoms with E-state index in [1.807, 2.05) is 30.3 Å². The summed E-state index contributed by atoms with van der Waals surface area (Å²) in [6.45, 7) is 3.24. The van der Waals surface area contributed by atoms with E-state index in [0.717, 1.165) is 31.5 Å². The summed E-state index contributed by atoms with van der Waals surface area (Å²) in [6.07, 6.45) is 0.983. The van der Waals surface area contributed by atoms with Gasteiger partial charge in [-0.05, 0) is 18.4 Å². The van der Waals surface area contributed by atoms with E-state index in [2.05, 4.69) is 4.90 Å². The van der Waals surface area contributed by atoms with Crippen molar-refractivity contribution in [1.29, 1.82) is 0 Å². The van der Waals surface area contributed by atoms with Crippen LogP contribution in [0.15, 0.2) is 30.3 Å². The first-order chi connectivity index (χ1) is 9.24. The summed E-state index contributed by atoms with van der Waals surface area (Å²) in [5, 5.41) is 19.3. The Morgan fingerprint density at radius 3 is 2.58 bits per heavy atom. The van der Waals surface area contributed by atoms with Crippen molar-refractivity contribution in [3.8, 4) is 0 Å². The van der Waals surface area contributed by atoms with Gasteiger partial charge < -0.3 is 19.8 Å².